The van der Waals surface area contributed by atoms with E-state index in [4.69, 9.17) is 15.2 Å². The highest BCUT2D eigenvalue weighted by atomic mass is 32.2. The van der Waals surface area contributed by atoms with Crippen molar-refractivity contribution in [2.24, 2.45) is 11.7 Å². The molecule has 3 rings (SSSR count). The van der Waals surface area contributed by atoms with Crippen molar-refractivity contribution >= 4 is 15.9 Å². The Labute approximate surface area is 164 Å². The van der Waals surface area contributed by atoms with E-state index in [9.17, 15) is 13.2 Å². The van der Waals surface area contributed by atoms with Crippen LogP contribution in [0.25, 0.3) is 0 Å². The van der Waals surface area contributed by atoms with Crippen LogP contribution in [0.5, 0.6) is 5.75 Å². The predicted octanol–water partition coefficient (Wildman–Crippen LogP) is 1.64. The van der Waals surface area contributed by atoms with Gasteiger partial charge in [0.1, 0.15) is 5.75 Å². The van der Waals surface area contributed by atoms with E-state index in [2.05, 4.69) is 9.71 Å². The van der Waals surface area contributed by atoms with Crippen LogP contribution in [0.3, 0.4) is 0 Å². The van der Waals surface area contributed by atoms with Crippen LogP contribution in [-0.4, -0.2) is 39.6 Å². The monoisotopic (exact) mass is 405 g/mol. The molecule has 2 heterocycles. The molecule has 1 amide bonds. The number of sulfonamides is 1. The summed E-state index contributed by atoms with van der Waals surface area (Å²) in [6.07, 6.45) is 4.77. The van der Waals surface area contributed by atoms with Crippen LogP contribution in [0.4, 0.5) is 0 Å². The maximum atomic E-state index is 13.1. The van der Waals surface area contributed by atoms with Gasteiger partial charge in [-0.05, 0) is 48.6 Å². The molecule has 1 aromatic carbocycles. The number of benzene rings is 1. The van der Waals surface area contributed by atoms with Gasteiger partial charge in [-0.1, -0.05) is 6.07 Å². The number of rotatable bonds is 7. The first kappa shape index (κ1) is 20.2. The SMILES string of the molecule is COc1ccc(S(=O)(=O)N[C@@H](c2cccnc2)C2CCOCC2)cc1C(N)=O. The number of nitrogens with two attached hydrogens (primary N) is 1. The maximum absolute atomic E-state index is 13.1. The van der Waals surface area contributed by atoms with Crippen molar-refractivity contribution in [1.82, 2.24) is 9.71 Å². The Morgan fingerprint density at radius 1 is 1.32 bits per heavy atom. The largest absolute Gasteiger partial charge is 0.496 e. The maximum Gasteiger partial charge on any atom is 0.252 e. The summed E-state index contributed by atoms with van der Waals surface area (Å²) < 4.78 is 39.4. The summed E-state index contributed by atoms with van der Waals surface area (Å²) in [5, 5.41) is 0. The van der Waals surface area contributed by atoms with E-state index in [1.807, 2.05) is 6.07 Å². The van der Waals surface area contributed by atoms with Crippen LogP contribution in [-0.2, 0) is 14.8 Å². The van der Waals surface area contributed by atoms with Crippen LogP contribution < -0.4 is 15.2 Å². The number of amides is 1. The molecule has 0 unspecified atom stereocenters. The lowest BCUT2D eigenvalue weighted by molar-refractivity contribution is 0.0564. The topological polar surface area (TPSA) is 121 Å². The second kappa shape index (κ2) is 8.68. The van der Waals surface area contributed by atoms with Crippen LogP contribution in [0.2, 0.25) is 0 Å². The fourth-order valence-electron chi connectivity index (χ4n) is 3.33. The molecule has 150 valence electrons. The Hall–Kier alpha value is -2.49. The number of nitrogens with zero attached hydrogens (tertiary/aromatic N) is 1. The molecular weight excluding hydrogens is 382 g/mol. The van der Waals surface area contributed by atoms with Gasteiger partial charge in [0.2, 0.25) is 10.0 Å². The number of hydrogen-bond donors (Lipinski definition) is 2. The normalized spacial score (nSPS) is 16.5. The van der Waals surface area contributed by atoms with Crippen molar-refractivity contribution in [2.45, 2.75) is 23.8 Å². The van der Waals surface area contributed by atoms with E-state index in [0.717, 1.165) is 18.4 Å². The molecule has 0 saturated carbocycles. The van der Waals surface area contributed by atoms with Gasteiger partial charge in [0.25, 0.3) is 5.91 Å². The minimum absolute atomic E-state index is 0.00868. The Bertz CT molecular complexity index is 928. The molecule has 1 aliphatic rings. The molecule has 8 nitrogen and oxygen atoms in total. The van der Waals surface area contributed by atoms with E-state index in [-0.39, 0.29) is 22.1 Å². The Balaban J connectivity index is 1.95. The third kappa shape index (κ3) is 4.49. The molecule has 1 aliphatic heterocycles. The summed E-state index contributed by atoms with van der Waals surface area (Å²) in [5.41, 5.74) is 6.14. The van der Waals surface area contributed by atoms with Crippen molar-refractivity contribution in [3.63, 3.8) is 0 Å². The number of carbonyl (C=O) groups is 1. The lowest BCUT2D eigenvalue weighted by Crippen LogP contribution is -2.36. The van der Waals surface area contributed by atoms with Crippen LogP contribution >= 0.6 is 0 Å². The number of pyridine rings is 1. The van der Waals surface area contributed by atoms with E-state index in [0.29, 0.717) is 13.2 Å². The molecule has 0 aliphatic carbocycles. The molecule has 3 N–H and O–H groups in total. The fourth-order valence-corrected chi connectivity index (χ4v) is 4.65. The number of carbonyl (C=O) groups excluding carboxylic acids is 1. The van der Waals surface area contributed by atoms with Gasteiger partial charge < -0.3 is 15.2 Å². The first-order valence-electron chi connectivity index (χ1n) is 8.90. The molecule has 1 atom stereocenters. The number of nitrogens with one attached hydrogen (secondary N) is 1. The number of aromatic nitrogens is 1. The predicted molar refractivity (Wildman–Crippen MR) is 102 cm³/mol. The molecule has 9 heteroatoms. The first-order valence-corrected chi connectivity index (χ1v) is 10.4. The Kier molecular flexibility index (Phi) is 6.28. The van der Waals surface area contributed by atoms with Crippen LogP contribution in [0, 0.1) is 5.92 Å². The van der Waals surface area contributed by atoms with Gasteiger partial charge in [-0.3, -0.25) is 9.78 Å². The van der Waals surface area contributed by atoms with Crippen molar-refractivity contribution in [2.75, 3.05) is 20.3 Å². The van der Waals surface area contributed by atoms with Gasteiger partial charge in [0.05, 0.1) is 23.6 Å². The molecule has 1 aromatic heterocycles. The lowest BCUT2D eigenvalue weighted by Gasteiger charge is -2.31. The highest BCUT2D eigenvalue weighted by Gasteiger charge is 2.30. The van der Waals surface area contributed by atoms with E-state index >= 15 is 0 Å². The van der Waals surface area contributed by atoms with Gasteiger partial charge in [0.15, 0.2) is 0 Å². The van der Waals surface area contributed by atoms with Gasteiger partial charge in [0, 0.05) is 25.6 Å². The van der Waals surface area contributed by atoms with Crippen molar-refractivity contribution in [3.8, 4) is 5.75 Å². The van der Waals surface area contributed by atoms with Gasteiger partial charge in [-0.15, -0.1) is 0 Å². The third-order valence-electron chi connectivity index (χ3n) is 4.81. The molecule has 1 fully saturated rings. The average Bonchev–Trinajstić information content (AvgIpc) is 2.72. The number of ether oxygens (including phenoxy) is 2. The summed E-state index contributed by atoms with van der Waals surface area (Å²) in [6.45, 7) is 1.16. The zero-order valence-corrected chi connectivity index (χ0v) is 16.3. The number of hydrogen-bond acceptors (Lipinski definition) is 6. The average molecular weight is 405 g/mol. The number of methoxy groups -OCH3 is 1. The van der Waals surface area contributed by atoms with Crippen LogP contribution in [0.15, 0.2) is 47.6 Å². The van der Waals surface area contributed by atoms with E-state index < -0.39 is 22.0 Å². The fraction of sp³-hybridized carbons (Fsp3) is 0.368. The summed E-state index contributed by atoms with van der Waals surface area (Å²) in [5.74, 6) is -0.469. The molecule has 0 spiro atoms. The third-order valence-corrected chi connectivity index (χ3v) is 6.25. The van der Waals surface area contributed by atoms with Crippen molar-refractivity contribution in [1.29, 1.82) is 0 Å². The van der Waals surface area contributed by atoms with E-state index in [1.54, 1.807) is 18.5 Å². The second-order valence-electron chi connectivity index (χ2n) is 6.56. The quantitative estimate of drug-likeness (QED) is 0.722. The zero-order valence-electron chi connectivity index (χ0n) is 15.5. The zero-order chi connectivity index (χ0) is 20.1. The number of primary amides is 1. The minimum Gasteiger partial charge on any atom is -0.496 e. The summed E-state index contributed by atoms with van der Waals surface area (Å²) >= 11 is 0. The summed E-state index contributed by atoms with van der Waals surface area (Å²) in [7, 11) is -2.53. The summed E-state index contributed by atoms with van der Waals surface area (Å²) in [4.78, 5) is 15.7. The Morgan fingerprint density at radius 2 is 2.07 bits per heavy atom. The Morgan fingerprint density at radius 3 is 2.68 bits per heavy atom. The minimum atomic E-state index is -3.92. The molecular formula is C19H23N3O5S. The van der Waals surface area contributed by atoms with Gasteiger partial charge >= 0.3 is 0 Å². The highest BCUT2D eigenvalue weighted by Crippen LogP contribution is 2.32. The molecule has 2 aromatic rings. The first-order chi connectivity index (χ1) is 13.4. The second-order valence-corrected chi connectivity index (χ2v) is 8.28. The standard InChI is InChI=1S/C19H23N3O5S/c1-26-17-5-4-15(11-16(17)19(20)23)28(24,25)22-18(13-6-9-27-10-7-13)14-3-2-8-21-12-14/h2-5,8,11-13,18,22H,6-7,9-10H2,1H3,(H2,20,23)/t18-/m1/s1. The molecule has 0 bridgehead atoms. The molecule has 1 saturated heterocycles. The van der Waals surface area contributed by atoms with Crippen molar-refractivity contribution < 1.29 is 22.7 Å². The van der Waals surface area contributed by atoms with E-state index in [1.165, 1.54) is 25.3 Å². The van der Waals surface area contributed by atoms with Gasteiger partial charge in [-0.25, -0.2) is 13.1 Å². The molecule has 28 heavy (non-hydrogen) atoms. The summed E-state index contributed by atoms with van der Waals surface area (Å²) in [6, 6.07) is 7.20. The van der Waals surface area contributed by atoms with Gasteiger partial charge in [-0.2, -0.15) is 0 Å². The lowest BCUT2D eigenvalue weighted by atomic mass is 9.88. The highest BCUT2D eigenvalue weighted by molar-refractivity contribution is 7.89. The van der Waals surface area contributed by atoms with Crippen molar-refractivity contribution in [3.05, 3.63) is 53.9 Å². The van der Waals surface area contributed by atoms with Crippen LogP contribution in [0.1, 0.15) is 34.8 Å². The molecule has 0 radical (unpaired) electrons. The smallest absolute Gasteiger partial charge is 0.252 e.